The largest absolute Gasteiger partial charge is 0.481 e. The molecule has 3 heteroatoms. The van der Waals surface area contributed by atoms with E-state index < -0.39 is 0 Å². The van der Waals surface area contributed by atoms with Crippen LogP contribution in [0.5, 0.6) is 5.95 Å². The van der Waals surface area contributed by atoms with Gasteiger partial charge in [-0.2, -0.15) is 0 Å². The van der Waals surface area contributed by atoms with Gasteiger partial charge in [0.1, 0.15) is 5.58 Å². The van der Waals surface area contributed by atoms with Crippen LogP contribution in [0.25, 0.3) is 21.1 Å². The molecular weight excluding hydrogens is 184 g/mol. The quantitative estimate of drug-likeness (QED) is 0.589. The minimum atomic E-state index is -0.0207. The molecule has 64 valence electrons. The molecule has 0 radical (unpaired) electrons. The lowest BCUT2D eigenvalue weighted by molar-refractivity contribution is 0.346. The van der Waals surface area contributed by atoms with Crippen LogP contribution in [0.15, 0.2) is 34.1 Å². The summed E-state index contributed by atoms with van der Waals surface area (Å²) < 4.78 is 6.29. The fraction of sp³-hybridized carbons (Fsp3) is 0. The molecule has 0 saturated carbocycles. The Kier molecular flexibility index (Phi) is 1.21. The SMILES string of the molecule is Oc1cc2cc3ccsc3cc2o1. The van der Waals surface area contributed by atoms with Gasteiger partial charge in [-0.3, -0.25) is 0 Å². The van der Waals surface area contributed by atoms with Gasteiger partial charge in [-0.25, -0.2) is 0 Å². The molecule has 2 heterocycles. The number of hydrogen-bond acceptors (Lipinski definition) is 3. The van der Waals surface area contributed by atoms with E-state index in [4.69, 9.17) is 9.52 Å². The van der Waals surface area contributed by atoms with E-state index in [0.717, 1.165) is 11.0 Å². The minimum Gasteiger partial charge on any atom is -0.481 e. The summed E-state index contributed by atoms with van der Waals surface area (Å²) in [5.74, 6) is -0.0207. The molecule has 3 rings (SSSR count). The molecule has 1 aromatic carbocycles. The highest BCUT2D eigenvalue weighted by molar-refractivity contribution is 7.17. The van der Waals surface area contributed by atoms with Crippen LogP contribution >= 0.6 is 11.3 Å². The van der Waals surface area contributed by atoms with E-state index in [-0.39, 0.29) is 5.95 Å². The van der Waals surface area contributed by atoms with Crippen molar-refractivity contribution in [3.8, 4) is 5.95 Å². The molecule has 2 nitrogen and oxygen atoms in total. The first-order chi connectivity index (χ1) is 6.33. The van der Waals surface area contributed by atoms with E-state index in [1.165, 1.54) is 10.1 Å². The van der Waals surface area contributed by atoms with Crippen LogP contribution in [0.1, 0.15) is 0 Å². The second-order valence-corrected chi connectivity index (χ2v) is 3.88. The maximum Gasteiger partial charge on any atom is 0.282 e. The number of thiophene rings is 1. The monoisotopic (exact) mass is 190 g/mol. The average Bonchev–Trinajstić information content (AvgIpc) is 2.63. The van der Waals surface area contributed by atoms with E-state index in [2.05, 4.69) is 6.07 Å². The number of hydrogen-bond donors (Lipinski definition) is 1. The lowest BCUT2D eigenvalue weighted by Gasteiger charge is -1.88. The van der Waals surface area contributed by atoms with Crippen LogP contribution in [0.4, 0.5) is 0 Å². The van der Waals surface area contributed by atoms with Crippen molar-refractivity contribution in [1.82, 2.24) is 0 Å². The fourth-order valence-electron chi connectivity index (χ4n) is 1.48. The summed E-state index contributed by atoms with van der Waals surface area (Å²) in [6.45, 7) is 0. The molecule has 0 saturated heterocycles. The highest BCUT2D eigenvalue weighted by Gasteiger charge is 2.04. The van der Waals surface area contributed by atoms with Crippen molar-refractivity contribution in [1.29, 1.82) is 0 Å². The Bertz CT molecular complexity index is 529. The molecular formula is C10H6O2S. The summed E-state index contributed by atoms with van der Waals surface area (Å²) in [4.78, 5) is 0. The Balaban J connectivity index is 2.54. The standard InChI is InChI=1S/C10H6O2S/c11-10-4-7-3-6-1-2-13-9(6)5-8(7)12-10/h1-5,11H. The number of aromatic hydroxyl groups is 1. The molecule has 0 aliphatic rings. The maximum atomic E-state index is 9.14. The summed E-state index contributed by atoms with van der Waals surface area (Å²) >= 11 is 1.67. The summed E-state index contributed by atoms with van der Waals surface area (Å²) in [5.41, 5.74) is 0.743. The Labute approximate surface area is 78.0 Å². The van der Waals surface area contributed by atoms with Crippen LogP contribution < -0.4 is 0 Å². The first kappa shape index (κ1) is 6.97. The van der Waals surface area contributed by atoms with Gasteiger partial charge in [-0.15, -0.1) is 11.3 Å². The van der Waals surface area contributed by atoms with Gasteiger partial charge in [-0.05, 0) is 29.0 Å². The maximum absolute atomic E-state index is 9.14. The lowest BCUT2D eigenvalue weighted by atomic mass is 10.2. The molecule has 0 bridgehead atoms. The number of fused-ring (bicyclic) bond motifs is 2. The van der Waals surface area contributed by atoms with Gasteiger partial charge in [0.2, 0.25) is 0 Å². The zero-order chi connectivity index (χ0) is 8.84. The molecule has 0 aliphatic heterocycles. The van der Waals surface area contributed by atoms with Gasteiger partial charge in [0, 0.05) is 16.2 Å². The van der Waals surface area contributed by atoms with Crippen molar-refractivity contribution >= 4 is 32.4 Å². The van der Waals surface area contributed by atoms with Crippen LogP contribution in [0, 0.1) is 0 Å². The third-order valence-electron chi connectivity index (χ3n) is 2.08. The molecule has 0 unspecified atom stereocenters. The highest BCUT2D eigenvalue weighted by Crippen LogP contribution is 2.30. The summed E-state index contributed by atoms with van der Waals surface area (Å²) in [6.07, 6.45) is 0. The van der Waals surface area contributed by atoms with Crippen molar-refractivity contribution in [2.75, 3.05) is 0 Å². The molecule has 0 spiro atoms. The number of benzene rings is 1. The Morgan fingerprint density at radius 3 is 3.00 bits per heavy atom. The van der Waals surface area contributed by atoms with Crippen LogP contribution in [-0.4, -0.2) is 5.11 Å². The van der Waals surface area contributed by atoms with Crippen LogP contribution in [0.3, 0.4) is 0 Å². The van der Waals surface area contributed by atoms with Crippen molar-refractivity contribution in [3.05, 3.63) is 29.6 Å². The lowest BCUT2D eigenvalue weighted by Crippen LogP contribution is -1.62. The van der Waals surface area contributed by atoms with Gasteiger partial charge < -0.3 is 9.52 Å². The zero-order valence-corrected chi connectivity index (χ0v) is 7.47. The summed E-state index contributed by atoms with van der Waals surface area (Å²) in [6, 6.07) is 7.66. The van der Waals surface area contributed by atoms with Gasteiger partial charge >= 0.3 is 0 Å². The van der Waals surface area contributed by atoms with Crippen molar-refractivity contribution in [2.45, 2.75) is 0 Å². The topological polar surface area (TPSA) is 33.4 Å². The van der Waals surface area contributed by atoms with Gasteiger partial charge in [0.05, 0.1) is 0 Å². The van der Waals surface area contributed by atoms with E-state index in [1.807, 2.05) is 17.5 Å². The van der Waals surface area contributed by atoms with Crippen molar-refractivity contribution in [3.63, 3.8) is 0 Å². The average molecular weight is 190 g/mol. The molecule has 0 fully saturated rings. The minimum absolute atomic E-state index is 0.0207. The van der Waals surface area contributed by atoms with Gasteiger partial charge in [0.25, 0.3) is 5.95 Å². The first-order valence-electron chi connectivity index (χ1n) is 3.93. The third-order valence-corrected chi connectivity index (χ3v) is 2.96. The Morgan fingerprint density at radius 1 is 1.15 bits per heavy atom. The molecule has 1 N–H and O–H groups in total. The second-order valence-electron chi connectivity index (χ2n) is 2.93. The predicted molar refractivity (Wildman–Crippen MR) is 53.3 cm³/mol. The number of furan rings is 1. The summed E-state index contributed by atoms with van der Waals surface area (Å²) in [7, 11) is 0. The first-order valence-corrected chi connectivity index (χ1v) is 4.81. The smallest absolute Gasteiger partial charge is 0.282 e. The number of rotatable bonds is 0. The molecule has 0 amide bonds. The molecule has 13 heavy (non-hydrogen) atoms. The predicted octanol–water partition coefficient (Wildman–Crippen LogP) is 3.35. The van der Waals surface area contributed by atoms with Gasteiger partial charge in [0.15, 0.2) is 0 Å². The normalized spacial score (nSPS) is 11.4. The molecule has 3 aromatic rings. The van der Waals surface area contributed by atoms with E-state index in [1.54, 1.807) is 17.4 Å². The molecule has 2 aromatic heterocycles. The van der Waals surface area contributed by atoms with Gasteiger partial charge in [-0.1, -0.05) is 0 Å². The zero-order valence-electron chi connectivity index (χ0n) is 6.65. The van der Waals surface area contributed by atoms with E-state index in [0.29, 0.717) is 0 Å². The highest BCUT2D eigenvalue weighted by atomic mass is 32.1. The van der Waals surface area contributed by atoms with E-state index >= 15 is 0 Å². The Morgan fingerprint density at radius 2 is 2.08 bits per heavy atom. The van der Waals surface area contributed by atoms with Crippen LogP contribution in [-0.2, 0) is 0 Å². The second kappa shape index (κ2) is 2.26. The van der Waals surface area contributed by atoms with Crippen molar-refractivity contribution < 1.29 is 9.52 Å². The van der Waals surface area contributed by atoms with Crippen molar-refractivity contribution in [2.24, 2.45) is 0 Å². The fourth-order valence-corrected chi connectivity index (χ4v) is 2.28. The molecule has 0 aliphatic carbocycles. The third kappa shape index (κ3) is 0.939. The van der Waals surface area contributed by atoms with E-state index in [9.17, 15) is 0 Å². The van der Waals surface area contributed by atoms with Crippen LogP contribution in [0.2, 0.25) is 0 Å². The Hall–Kier alpha value is -1.48. The molecule has 0 atom stereocenters. The summed E-state index contributed by atoms with van der Waals surface area (Å²) in [5, 5.41) is 13.3.